The van der Waals surface area contributed by atoms with Crippen molar-refractivity contribution in [2.45, 2.75) is 6.92 Å². The molecule has 26 heavy (non-hydrogen) atoms. The van der Waals surface area contributed by atoms with Crippen molar-refractivity contribution in [3.05, 3.63) is 65.9 Å². The maximum Gasteiger partial charge on any atom is 0.340 e. The van der Waals surface area contributed by atoms with Crippen LogP contribution in [0, 0.1) is 0 Å². The molecule has 0 aliphatic heterocycles. The molecule has 0 aliphatic carbocycles. The molecule has 1 N–H and O–H groups in total. The molecular formula is C20H21NO5. The molecule has 0 radical (unpaired) electrons. The van der Waals surface area contributed by atoms with Gasteiger partial charge in [0.1, 0.15) is 0 Å². The van der Waals surface area contributed by atoms with Crippen molar-refractivity contribution in [2.75, 3.05) is 26.1 Å². The number of allylic oxidation sites excluding steroid dienone is 1. The van der Waals surface area contributed by atoms with E-state index >= 15 is 0 Å². The molecule has 0 fully saturated rings. The van der Waals surface area contributed by atoms with Crippen molar-refractivity contribution in [1.29, 1.82) is 0 Å². The minimum atomic E-state index is -0.421. The smallest absolute Gasteiger partial charge is 0.340 e. The molecule has 0 unspecified atom stereocenters. The number of rotatable bonds is 8. The Morgan fingerprint density at radius 3 is 2.46 bits per heavy atom. The maximum absolute atomic E-state index is 12.3. The third-order valence-electron chi connectivity index (χ3n) is 3.56. The summed E-state index contributed by atoms with van der Waals surface area (Å²) in [5.74, 6) is 0.393. The number of hydrogen-bond donors (Lipinski definition) is 1. The minimum absolute atomic E-state index is 0.216. The SMILES string of the molecule is CCOC(=O)c1ccccc1NC=CC(=O)c1ccc(OC)c(OC)c1. The highest BCUT2D eigenvalue weighted by molar-refractivity contribution is 6.05. The highest BCUT2D eigenvalue weighted by Crippen LogP contribution is 2.27. The van der Waals surface area contributed by atoms with E-state index in [1.807, 2.05) is 0 Å². The van der Waals surface area contributed by atoms with Gasteiger partial charge in [0, 0.05) is 17.8 Å². The Labute approximate surface area is 152 Å². The molecule has 0 saturated heterocycles. The van der Waals surface area contributed by atoms with E-state index in [-0.39, 0.29) is 5.78 Å². The number of ketones is 1. The van der Waals surface area contributed by atoms with E-state index in [0.29, 0.717) is 34.9 Å². The Balaban J connectivity index is 2.12. The lowest BCUT2D eigenvalue weighted by Gasteiger charge is -2.09. The lowest BCUT2D eigenvalue weighted by molar-refractivity contribution is 0.0527. The molecule has 136 valence electrons. The molecule has 2 aromatic carbocycles. The highest BCUT2D eigenvalue weighted by Gasteiger charge is 2.11. The number of esters is 1. The number of para-hydroxylation sites is 1. The van der Waals surface area contributed by atoms with Gasteiger partial charge in [-0.2, -0.15) is 0 Å². The Hall–Kier alpha value is -3.28. The molecule has 0 heterocycles. The molecule has 0 atom stereocenters. The second kappa shape index (κ2) is 9.27. The second-order valence-corrected chi connectivity index (χ2v) is 5.18. The molecular weight excluding hydrogens is 334 g/mol. The van der Waals surface area contributed by atoms with Crippen molar-refractivity contribution in [1.82, 2.24) is 0 Å². The third kappa shape index (κ3) is 4.63. The van der Waals surface area contributed by atoms with Crippen molar-refractivity contribution < 1.29 is 23.8 Å². The average Bonchev–Trinajstić information content (AvgIpc) is 2.67. The summed E-state index contributed by atoms with van der Waals surface area (Å²) in [6.07, 6.45) is 2.86. The van der Waals surface area contributed by atoms with E-state index in [9.17, 15) is 9.59 Å². The standard InChI is InChI=1S/C20H21NO5/c1-4-26-20(23)15-7-5-6-8-16(15)21-12-11-17(22)14-9-10-18(24-2)19(13-14)25-3/h5-13,21H,4H2,1-3H3. The molecule has 2 aromatic rings. The molecule has 2 rings (SSSR count). The van der Waals surface area contributed by atoms with E-state index in [2.05, 4.69) is 5.32 Å². The first-order valence-corrected chi connectivity index (χ1v) is 8.06. The summed E-state index contributed by atoms with van der Waals surface area (Å²) in [4.78, 5) is 24.2. The molecule has 0 aliphatic rings. The number of methoxy groups -OCH3 is 2. The van der Waals surface area contributed by atoms with Crippen LogP contribution in [0.2, 0.25) is 0 Å². The molecule has 0 amide bonds. The van der Waals surface area contributed by atoms with Crippen LogP contribution in [-0.4, -0.2) is 32.6 Å². The van der Waals surface area contributed by atoms with Gasteiger partial charge in [0.05, 0.1) is 32.1 Å². The van der Waals surface area contributed by atoms with Gasteiger partial charge in [0.25, 0.3) is 0 Å². The van der Waals surface area contributed by atoms with Gasteiger partial charge in [-0.3, -0.25) is 4.79 Å². The quantitative estimate of drug-likeness (QED) is 0.442. The number of benzene rings is 2. The van der Waals surface area contributed by atoms with E-state index in [0.717, 1.165) is 0 Å². The van der Waals surface area contributed by atoms with E-state index in [1.54, 1.807) is 49.4 Å². The molecule has 0 saturated carbocycles. The number of nitrogens with one attached hydrogen (secondary N) is 1. The molecule has 6 heteroatoms. The summed E-state index contributed by atoms with van der Waals surface area (Å²) in [6, 6.07) is 11.9. The van der Waals surface area contributed by atoms with Gasteiger partial charge in [0.15, 0.2) is 17.3 Å². The Morgan fingerprint density at radius 1 is 1.04 bits per heavy atom. The van der Waals surface area contributed by atoms with Gasteiger partial charge in [-0.05, 0) is 37.3 Å². The second-order valence-electron chi connectivity index (χ2n) is 5.18. The van der Waals surface area contributed by atoms with Crippen LogP contribution in [0.5, 0.6) is 11.5 Å². The van der Waals surface area contributed by atoms with E-state index in [4.69, 9.17) is 14.2 Å². The van der Waals surface area contributed by atoms with Crippen LogP contribution >= 0.6 is 0 Å². The summed E-state index contributed by atoms with van der Waals surface area (Å²) in [5.41, 5.74) is 1.42. The van der Waals surface area contributed by atoms with Crippen LogP contribution in [0.3, 0.4) is 0 Å². The van der Waals surface area contributed by atoms with Crippen LogP contribution in [0.25, 0.3) is 0 Å². The summed E-state index contributed by atoms with van der Waals surface area (Å²) in [7, 11) is 3.04. The van der Waals surface area contributed by atoms with E-state index in [1.165, 1.54) is 26.5 Å². The fourth-order valence-corrected chi connectivity index (χ4v) is 2.29. The summed E-state index contributed by atoms with van der Waals surface area (Å²) in [6.45, 7) is 2.04. The summed E-state index contributed by atoms with van der Waals surface area (Å²) in [5, 5.41) is 2.95. The number of anilines is 1. The summed E-state index contributed by atoms with van der Waals surface area (Å²) >= 11 is 0. The topological polar surface area (TPSA) is 73.9 Å². The fourth-order valence-electron chi connectivity index (χ4n) is 2.29. The highest BCUT2D eigenvalue weighted by atomic mass is 16.5. The molecule has 0 bridgehead atoms. The van der Waals surface area contributed by atoms with Gasteiger partial charge < -0.3 is 19.5 Å². The summed E-state index contributed by atoms with van der Waals surface area (Å²) < 4.78 is 15.4. The maximum atomic E-state index is 12.3. The van der Waals surface area contributed by atoms with Crippen molar-refractivity contribution in [3.63, 3.8) is 0 Å². The first-order valence-electron chi connectivity index (χ1n) is 8.06. The molecule has 0 spiro atoms. The van der Waals surface area contributed by atoms with Gasteiger partial charge in [0.2, 0.25) is 0 Å². The van der Waals surface area contributed by atoms with Crippen LogP contribution in [-0.2, 0) is 4.74 Å². The Kier molecular flexibility index (Phi) is 6.79. The van der Waals surface area contributed by atoms with Crippen molar-refractivity contribution in [2.24, 2.45) is 0 Å². The average molecular weight is 355 g/mol. The number of hydrogen-bond acceptors (Lipinski definition) is 6. The zero-order valence-electron chi connectivity index (χ0n) is 14.9. The van der Waals surface area contributed by atoms with Crippen molar-refractivity contribution >= 4 is 17.4 Å². The zero-order valence-corrected chi connectivity index (χ0v) is 14.9. The normalized spacial score (nSPS) is 10.4. The molecule has 0 aromatic heterocycles. The zero-order chi connectivity index (χ0) is 18.9. The first kappa shape index (κ1) is 19.1. The number of ether oxygens (including phenoxy) is 3. The van der Waals surface area contributed by atoms with Gasteiger partial charge >= 0.3 is 5.97 Å². The van der Waals surface area contributed by atoms with Gasteiger partial charge in [-0.15, -0.1) is 0 Å². The lowest BCUT2D eigenvalue weighted by Crippen LogP contribution is -2.07. The largest absolute Gasteiger partial charge is 0.493 e. The minimum Gasteiger partial charge on any atom is -0.493 e. The first-order chi connectivity index (χ1) is 12.6. The predicted octanol–water partition coefficient (Wildman–Crippen LogP) is 3.69. The Morgan fingerprint density at radius 2 is 1.77 bits per heavy atom. The van der Waals surface area contributed by atoms with Crippen LogP contribution in [0.15, 0.2) is 54.7 Å². The van der Waals surface area contributed by atoms with Crippen molar-refractivity contribution in [3.8, 4) is 11.5 Å². The predicted molar refractivity (Wildman–Crippen MR) is 99.0 cm³/mol. The monoisotopic (exact) mass is 355 g/mol. The van der Waals surface area contributed by atoms with Crippen LogP contribution < -0.4 is 14.8 Å². The number of carbonyl (C=O) groups excluding carboxylic acids is 2. The fraction of sp³-hybridized carbons (Fsp3) is 0.200. The van der Waals surface area contributed by atoms with Gasteiger partial charge in [-0.1, -0.05) is 12.1 Å². The van der Waals surface area contributed by atoms with Crippen LogP contribution in [0.1, 0.15) is 27.6 Å². The molecule has 6 nitrogen and oxygen atoms in total. The van der Waals surface area contributed by atoms with Crippen LogP contribution in [0.4, 0.5) is 5.69 Å². The van der Waals surface area contributed by atoms with Gasteiger partial charge in [-0.25, -0.2) is 4.79 Å². The number of carbonyl (C=O) groups is 2. The Bertz CT molecular complexity index is 814. The third-order valence-corrected chi connectivity index (χ3v) is 3.56. The lowest BCUT2D eigenvalue weighted by atomic mass is 10.1. The van der Waals surface area contributed by atoms with E-state index < -0.39 is 5.97 Å².